The third-order valence-electron chi connectivity index (χ3n) is 2.78. The molecule has 0 unspecified atom stereocenters. The van der Waals surface area contributed by atoms with Crippen molar-refractivity contribution >= 4 is 34.7 Å². The Hall–Kier alpha value is -2.38. The van der Waals surface area contributed by atoms with Crippen molar-refractivity contribution in [3.05, 3.63) is 60.1 Å². The van der Waals surface area contributed by atoms with Crippen LogP contribution in [-0.2, 0) is 4.79 Å². The lowest BCUT2D eigenvalue weighted by molar-refractivity contribution is -0.113. The minimum absolute atomic E-state index is 0.0815. The highest BCUT2D eigenvalue weighted by Gasteiger charge is 2.06. The number of nitrogens with zero attached hydrogens (tertiary/aromatic N) is 2. The Morgan fingerprint density at radius 2 is 1.83 bits per heavy atom. The number of thioether (sulfide) groups is 1. The van der Waals surface area contributed by atoms with Crippen molar-refractivity contribution in [3.8, 4) is 11.5 Å². The first-order valence-corrected chi connectivity index (χ1v) is 8.68. The highest BCUT2D eigenvalue weighted by molar-refractivity contribution is 8.01. The second-order valence-corrected chi connectivity index (χ2v) is 6.54. The Morgan fingerprint density at radius 3 is 2.52 bits per heavy atom. The van der Waals surface area contributed by atoms with Crippen LogP contribution < -0.4 is 10.1 Å². The smallest absolute Gasteiger partial charge is 0.234 e. The molecule has 0 spiro atoms. The number of benzene rings is 2. The molecule has 1 heterocycles. The fraction of sp³-hybridized carbons (Fsp3) is 0.0625. The summed E-state index contributed by atoms with van der Waals surface area (Å²) in [6.07, 6.45) is 0. The van der Waals surface area contributed by atoms with Crippen molar-refractivity contribution in [2.45, 2.75) is 4.34 Å². The van der Waals surface area contributed by atoms with Gasteiger partial charge in [-0.1, -0.05) is 41.3 Å². The molecule has 2 aromatic carbocycles. The summed E-state index contributed by atoms with van der Waals surface area (Å²) in [6, 6.07) is 16.8. The molecule has 0 radical (unpaired) electrons. The van der Waals surface area contributed by atoms with Gasteiger partial charge in [-0.25, -0.2) is 0 Å². The number of carbonyl (C=O) groups is 1. The van der Waals surface area contributed by atoms with Gasteiger partial charge in [0.05, 0.1) is 5.75 Å². The summed E-state index contributed by atoms with van der Waals surface area (Å²) in [5.74, 6) is 1.72. The first-order chi connectivity index (χ1) is 11.3. The predicted molar refractivity (Wildman–Crippen MR) is 92.2 cm³/mol. The van der Waals surface area contributed by atoms with E-state index in [9.17, 15) is 4.79 Å². The van der Waals surface area contributed by atoms with Crippen LogP contribution in [0, 0.1) is 0 Å². The molecule has 0 aliphatic carbocycles. The molecule has 0 atom stereocenters. The molecule has 0 bridgehead atoms. The molecule has 7 heteroatoms. The van der Waals surface area contributed by atoms with Crippen LogP contribution in [0.25, 0.3) is 0 Å². The van der Waals surface area contributed by atoms with Crippen LogP contribution in [0.1, 0.15) is 0 Å². The van der Waals surface area contributed by atoms with Gasteiger partial charge in [0, 0.05) is 5.69 Å². The van der Waals surface area contributed by atoms with E-state index in [2.05, 4.69) is 15.5 Å². The Bertz CT molecular complexity index is 747. The number of anilines is 1. The van der Waals surface area contributed by atoms with Crippen molar-refractivity contribution < 1.29 is 9.53 Å². The van der Waals surface area contributed by atoms with Crippen LogP contribution in [0.5, 0.6) is 11.5 Å². The number of ether oxygens (including phenoxy) is 1. The van der Waals surface area contributed by atoms with Gasteiger partial charge in [-0.3, -0.25) is 4.79 Å². The molecule has 23 heavy (non-hydrogen) atoms. The van der Waals surface area contributed by atoms with Gasteiger partial charge in [-0.05, 0) is 36.4 Å². The van der Waals surface area contributed by atoms with E-state index in [-0.39, 0.29) is 5.91 Å². The van der Waals surface area contributed by atoms with Crippen LogP contribution >= 0.6 is 23.1 Å². The number of para-hydroxylation sites is 1. The van der Waals surface area contributed by atoms with Crippen molar-refractivity contribution in [2.75, 3.05) is 11.1 Å². The molecule has 116 valence electrons. The quantitative estimate of drug-likeness (QED) is 0.684. The number of aromatic nitrogens is 2. The summed E-state index contributed by atoms with van der Waals surface area (Å²) in [4.78, 5) is 11.9. The minimum atomic E-state index is -0.0815. The summed E-state index contributed by atoms with van der Waals surface area (Å²) in [6.45, 7) is 0. The maximum Gasteiger partial charge on any atom is 0.234 e. The summed E-state index contributed by atoms with van der Waals surface area (Å²) < 4.78 is 6.49. The van der Waals surface area contributed by atoms with Crippen molar-refractivity contribution in [2.24, 2.45) is 0 Å². The number of hydrogen-bond donors (Lipinski definition) is 1. The Labute approximate surface area is 141 Å². The van der Waals surface area contributed by atoms with Gasteiger partial charge in [0.25, 0.3) is 0 Å². The molecule has 3 rings (SSSR count). The largest absolute Gasteiger partial charge is 0.457 e. The molecule has 1 amide bonds. The molecule has 0 saturated heterocycles. The lowest BCUT2D eigenvalue weighted by Crippen LogP contribution is -2.13. The normalized spacial score (nSPS) is 10.3. The third-order valence-corrected chi connectivity index (χ3v) is 4.64. The fourth-order valence-electron chi connectivity index (χ4n) is 1.78. The SMILES string of the molecule is O=C(CSc1nncs1)Nc1ccc(Oc2ccccc2)cc1. The number of hydrogen-bond acceptors (Lipinski definition) is 6. The minimum Gasteiger partial charge on any atom is -0.457 e. The summed E-state index contributed by atoms with van der Waals surface area (Å²) in [5, 5.41) is 10.4. The summed E-state index contributed by atoms with van der Waals surface area (Å²) in [7, 11) is 0. The van der Waals surface area contributed by atoms with Gasteiger partial charge in [0.15, 0.2) is 4.34 Å². The standard InChI is InChI=1S/C16H13N3O2S2/c20-15(10-22-16-19-17-11-23-16)18-12-6-8-14(9-7-12)21-13-4-2-1-3-5-13/h1-9,11H,10H2,(H,18,20). The second kappa shape index (κ2) is 7.75. The van der Waals surface area contributed by atoms with E-state index in [1.54, 1.807) is 5.51 Å². The zero-order valence-electron chi connectivity index (χ0n) is 12.0. The molecule has 0 fully saturated rings. The fourth-order valence-corrected chi connectivity index (χ4v) is 3.07. The molecule has 0 aliphatic heterocycles. The maximum atomic E-state index is 11.9. The zero-order chi connectivity index (χ0) is 15.9. The van der Waals surface area contributed by atoms with Gasteiger partial charge in [0.1, 0.15) is 17.0 Å². The predicted octanol–water partition coefficient (Wildman–Crippen LogP) is 4.06. The molecular weight excluding hydrogens is 330 g/mol. The Balaban J connectivity index is 1.51. The summed E-state index contributed by atoms with van der Waals surface area (Å²) in [5.41, 5.74) is 2.37. The van der Waals surface area contributed by atoms with E-state index in [0.29, 0.717) is 5.75 Å². The van der Waals surface area contributed by atoms with Gasteiger partial charge in [0.2, 0.25) is 5.91 Å². The third kappa shape index (κ3) is 4.80. The molecule has 0 saturated carbocycles. The van der Waals surface area contributed by atoms with Crippen molar-refractivity contribution in [1.29, 1.82) is 0 Å². The number of rotatable bonds is 6. The first-order valence-electron chi connectivity index (χ1n) is 6.81. The van der Waals surface area contributed by atoms with Crippen LogP contribution in [-0.4, -0.2) is 21.9 Å². The number of carbonyl (C=O) groups excluding carboxylic acids is 1. The molecule has 0 aliphatic rings. The van der Waals surface area contributed by atoms with Crippen LogP contribution in [0.3, 0.4) is 0 Å². The van der Waals surface area contributed by atoms with Crippen molar-refractivity contribution in [3.63, 3.8) is 0 Å². The van der Waals surface area contributed by atoms with E-state index < -0.39 is 0 Å². The van der Waals surface area contributed by atoms with Crippen molar-refractivity contribution in [1.82, 2.24) is 10.2 Å². The zero-order valence-corrected chi connectivity index (χ0v) is 13.6. The van der Waals surface area contributed by atoms with Crippen LogP contribution in [0.2, 0.25) is 0 Å². The van der Waals surface area contributed by atoms with Gasteiger partial charge >= 0.3 is 0 Å². The van der Waals surface area contributed by atoms with E-state index >= 15 is 0 Å². The second-order valence-electron chi connectivity index (χ2n) is 4.48. The molecule has 1 aromatic heterocycles. The number of amides is 1. The Kier molecular flexibility index (Phi) is 5.23. The lowest BCUT2D eigenvalue weighted by Gasteiger charge is -2.07. The van der Waals surface area contributed by atoms with E-state index in [1.165, 1.54) is 23.1 Å². The Morgan fingerprint density at radius 1 is 1.09 bits per heavy atom. The molecule has 1 N–H and O–H groups in total. The molecule has 3 aromatic rings. The highest BCUT2D eigenvalue weighted by atomic mass is 32.2. The summed E-state index contributed by atoms with van der Waals surface area (Å²) >= 11 is 2.79. The van der Waals surface area contributed by atoms with Crippen LogP contribution in [0.15, 0.2) is 64.4 Å². The molecule has 5 nitrogen and oxygen atoms in total. The average Bonchev–Trinajstić information content (AvgIpc) is 3.09. The van der Waals surface area contributed by atoms with E-state index in [1.807, 2.05) is 54.6 Å². The van der Waals surface area contributed by atoms with E-state index in [0.717, 1.165) is 21.5 Å². The van der Waals surface area contributed by atoms with Crippen LogP contribution in [0.4, 0.5) is 5.69 Å². The van der Waals surface area contributed by atoms with Gasteiger partial charge < -0.3 is 10.1 Å². The monoisotopic (exact) mass is 343 g/mol. The maximum absolute atomic E-state index is 11.9. The number of nitrogens with one attached hydrogen (secondary N) is 1. The topological polar surface area (TPSA) is 64.1 Å². The van der Waals surface area contributed by atoms with E-state index in [4.69, 9.17) is 4.74 Å². The first kappa shape index (κ1) is 15.5. The molecular formula is C16H13N3O2S2. The lowest BCUT2D eigenvalue weighted by atomic mass is 10.3. The van der Waals surface area contributed by atoms with Gasteiger partial charge in [-0.15, -0.1) is 10.2 Å². The highest BCUT2D eigenvalue weighted by Crippen LogP contribution is 2.23. The average molecular weight is 343 g/mol. The van der Waals surface area contributed by atoms with Gasteiger partial charge in [-0.2, -0.15) is 0 Å².